The second-order valence-corrected chi connectivity index (χ2v) is 12.2. The molecule has 0 aliphatic rings. The minimum atomic E-state index is -4.08. The second-order valence-electron chi connectivity index (χ2n) is 7.63. The number of carboxylic acids is 1. The van der Waals surface area contributed by atoms with E-state index in [0.29, 0.717) is 17.3 Å². The number of carboxylic acid groups (broad SMARTS) is 1. The van der Waals surface area contributed by atoms with Crippen molar-refractivity contribution < 1.29 is 23.1 Å². The lowest BCUT2D eigenvalue weighted by Crippen LogP contribution is -2.52. The van der Waals surface area contributed by atoms with Crippen molar-refractivity contribution >= 4 is 50.3 Å². The molecule has 3 aromatic rings. The van der Waals surface area contributed by atoms with E-state index < -0.39 is 26.8 Å². The Morgan fingerprint density at radius 2 is 1.70 bits per heavy atom. The van der Waals surface area contributed by atoms with Crippen LogP contribution in [-0.2, 0) is 20.6 Å². The minimum Gasteiger partial charge on any atom is -0.480 e. The lowest BCUT2D eigenvalue weighted by atomic mass is 10.1. The van der Waals surface area contributed by atoms with E-state index in [0.717, 1.165) is 9.26 Å². The van der Waals surface area contributed by atoms with Gasteiger partial charge in [-0.25, -0.2) is 8.42 Å². The highest BCUT2D eigenvalue weighted by Gasteiger charge is 2.39. The average Bonchev–Trinajstić information content (AvgIpc) is 2.79. The monoisotopic (exact) mass is 598 g/mol. The number of nitrogens with one attached hydrogen (secondary N) is 1. The minimum absolute atomic E-state index is 0.0470. The van der Waals surface area contributed by atoms with Gasteiger partial charge in [0.1, 0.15) is 17.5 Å². The maximum Gasteiger partial charge on any atom is 0.323 e. The summed E-state index contributed by atoms with van der Waals surface area (Å²) >= 11 is 3.51. The summed E-state index contributed by atoms with van der Waals surface area (Å²) in [5.41, 5.74) is 0.784. The molecule has 0 spiro atoms. The molecule has 0 fully saturated rings. The molecule has 0 amide bonds. The first kappa shape index (κ1) is 25.5. The van der Waals surface area contributed by atoms with Crippen LogP contribution >= 0.6 is 34.4 Å². The number of halogens is 1. The lowest BCUT2D eigenvalue weighted by molar-refractivity contribution is -0.139. The van der Waals surface area contributed by atoms with Crippen molar-refractivity contribution in [3.8, 4) is 11.5 Å². The van der Waals surface area contributed by atoms with Crippen molar-refractivity contribution in [1.29, 1.82) is 0 Å². The van der Waals surface area contributed by atoms with Gasteiger partial charge in [0.2, 0.25) is 10.0 Å². The summed E-state index contributed by atoms with van der Waals surface area (Å²) in [5.74, 6) is 0.290. The van der Waals surface area contributed by atoms with Gasteiger partial charge in [-0.3, -0.25) is 9.78 Å². The number of carbonyl (C=O) groups is 1. The Hall–Kier alpha value is -2.15. The molecular formula is C23H23IN2O5S2. The normalized spacial score (nSPS) is 12.8. The predicted molar refractivity (Wildman–Crippen MR) is 137 cm³/mol. The molecule has 174 valence electrons. The van der Waals surface area contributed by atoms with Crippen LogP contribution in [0, 0.1) is 3.57 Å². The van der Waals surface area contributed by atoms with E-state index in [2.05, 4.69) is 32.3 Å². The first-order valence-corrected chi connectivity index (χ1v) is 13.4. The fourth-order valence-electron chi connectivity index (χ4n) is 2.87. The number of rotatable bonds is 10. The van der Waals surface area contributed by atoms with Gasteiger partial charge in [0.15, 0.2) is 0 Å². The van der Waals surface area contributed by atoms with Gasteiger partial charge in [-0.15, -0.1) is 11.8 Å². The van der Waals surface area contributed by atoms with Crippen molar-refractivity contribution in [2.24, 2.45) is 0 Å². The molecular weight excluding hydrogens is 575 g/mol. The van der Waals surface area contributed by atoms with Gasteiger partial charge in [0.25, 0.3) is 0 Å². The third-order valence-corrected chi connectivity index (χ3v) is 8.29. The molecule has 33 heavy (non-hydrogen) atoms. The fraction of sp³-hybridized carbons (Fsp3) is 0.217. The van der Waals surface area contributed by atoms with E-state index >= 15 is 0 Å². The van der Waals surface area contributed by atoms with Crippen LogP contribution in [-0.4, -0.2) is 35.3 Å². The summed E-state index contributed by atoms with van der Waals surface area (Å²) in [7, 11) is -4.08. The molecule has 0 saturated heterocycles. The van der Waals surface area contributed by atoms with E-state index in [1.54, 1.807) is 26.1 Å². The molecule has 10 heteroatoms. The summed E-state index contributed by atoms with van der Waals surface area (Å²) < 4.78 is 34.1. The zero-order chi connectivity index (χ0) is 24.1. The quantitative estimate of drug-likeness (QED) is 0.319. The van der Waals surface area contributed by atoms with Gasteiger partial charge in [-0.1, -0.05) is 6.07 Å². The number of benzene rings is 2. The summed E-state index contributed by atoms with van der Waals surface area (Å²) in [5, 5.41) is 9.77. The summed E-state index contributed by atoms with van der Waals surface area (Å²) in [6.07, 6.45) is 1.66. The fourth-order valence-corrected chi connectivity index (χ4v) is 5.65. The number of hydrogen-bond donors (Lipinski definition) is 2. The van der Waals surface area contributed by atoms with Crippen molar-refractivity contribution in [3.05, 3.63) is 82.2 Å². The molecule has 2 aromatic carbocycles. The van der Waals surface area contributed by atoms with E-state index in [1.165, 1.54) is 36.0 Å². The van der Waals surface area contributed by atoms with E-state index in [1.807, 2.05) is 36.4 Å². The van der Waals surface area contributed by atoms with Crippen molar-refractivity contribution in [2.75, 3.05) is 0 Å². The summed E-state index contributed by atoms with van der Waals surface area (Å²) in [6.45, 7) is 3.39. The van der Waals surface area contributed by atoms with Crippen molar-refractivity contribution in [2.45, 2.75) is 35.3 Å². The van der Waals surface area contributed by atoms with Crippen molar-refractivity contribution in [3.63, 3.8) is 0 Å². The molecule has 0 radical (unpaired) electrons. The lowest BCUT2D eigenvalue weighted by Gasteiger charge is -2.31. The van der Waals surface area contributed by atoms with Crippen LogP contribution in [0.25, 0.3) is 0 Å². The first-order valence-electron chi connectivity index (χ1n) is 9.89. The Kier molecular flexibility index (Phi) is 8.38. The number of nitrogens with zero attached hydrogens (tertiary/aromatic N) is 1. The SMILES string of the molecule is CC(C)(SCc1ccccn1)[C@@H](NS(=O)(=O)c1ccc(Oc2ccc(I)cc2)cc1)C(=O)O. The molecule has 0 unspecified atom stereocenters. The van der Waals surface area contributed by atoms with Gasteiger partial charge in [0, 0.05) is 20.3 Å². The molecule has 0 aliphatic carbocycles. The molecule has 0 bridgehead atoms. The van der Waals surface area contributed by atoms with Crippen LogP contribution in [0.4, 0.5) is 0 Å². The van der Waals surface area contributed by atoms with Crippen LogP contribution < -0.4 is 9.46 Å². The highest BCUT2D eigenvalue weighted by molar-refractivity contribution is 14.1. The van der Waals surface area contributed by atoms with E-state index in [9.17, 15) is 18.3 Å². The summed E-state index contributed by atoms with van der Waals surface area (Å²) in [4.78, 5) is 16.2. The smallest absolute Gasteiger partial charge is 0.323 e. The highest BCUT2D eigenvalue weighted by Crippen LogP contribution is 2.32. The predicted octanol–water partition coefficient (Wildman–Crippen LogP) is 4.92. The van der Waals surface area contributed by atoms with Crippen LogP contribution in [0.2, 0.25) is 0 Å². The Balaban J connectivity index is 1.71. The third-order valence-electron chi connectivity index (χ3n) is 4.72. The molecule has 2 N–H and O–H groups in total. The topological polar surface area (TPSA) is 106 Å². The largest absolute Gasteiger partial charge is 0.480 e. The number of aromatic nitrogens is 1. The number of hydrogen-bond acceptors (Lipinski definition) is 6. The molecule has 3 rings (SSSR count). The Morgan fingerprint density at radius 1 is 1.09 bits per heavy atom. The van der Waals surface area contributed by atoms with Gasteiger partial charge in [-0.05, 0) is 97.1 Å². The second kappa shape index (κ2) is 10.9. The number of thioether (sulfide) groups is 1. The van der Waals surface area contributed by atoms with Gasteiger partial charge >= 0.3 is 5.97 Å². The molecule has 0 saturated carbocycles. The van der Waals surface area contributed by atoms with Crippen LogP contribution in [0.1, 0.15) is 19.5 Å². The van der Waals surface area contributed by atoms with Crippen molar-refractivity contribution in [1.82, 2.24) is 9.71 Å². The highest BCUT2D eigenvalue weighted by atomic mass is 127. The Labute approximate surface area is 211 Å². The van der Waals surface area contributed by atoms with Crippen LogP contribution in [0.5, 0.6) is 11.5 Å². The number of pyridine rings is 1. The van der Waals surface area contributed by atoms with Gasteiger partial charge < -0.3 is 9.84 Å². The van der Waals surface area contributed by atoms with Crippen LogP contribution in [0.3, 0.4) is 0 Å². The third kappa shape index (κ3) is 7.16. The molecule has 7 nitrogen and oxygen atoms in total. The number of aliphatic carboxylic acids is 1. The average molecular weight is 598 g/mol. The first-order chi connectivity index (χ1) is 15.6. The van der Waals surface area contributed by atoms with Crippen LogP contribution in [0.15, 0.2) is 77.8 Å². The number of sulfonamides is 1. The van der Waals surface area contributed by atoms with E-state index in [4.69, 9.17) is 4.74 Å². The maximum absolute atomic E-state index is 12.9. The van der Waals surface area contributed by atoms with E-state index in [-0.39, 0.29) is 4.90 Å². The molecule has 1 aromatic heterocycles. The van der Waals surface area contributed by atoms with Gasteiger partial charge in [0.05, 0.1) is 10.6 Å². The molecule has 1 heterocycles. The molecule has 0 aliphatic heterocycles. The standard InChI is InChI=1S/C23H23IN2O5S2/c1-23(2,32-15-17-5-3-4-14-25-17)21(22(27)28)26-33(29,30)20-12-10-19(11-13-20)31-18-8-6-16(24)7-9-18/h3-14,21,26H,15H2,1-2H3,(H,27,28)/t21-/m0/s1. The molecule has 1 atom stereocenters. The maximum atomic E-state index is 12.9. The Morgan fingerprint density at radius 3 is 2.24 bits per heavy atom. The number of ether oxygens (including phenoxy) is 1. The van der Waals surface area contributed by atoms with Gasteiger partial charge in [-0.2, -0.15) is 4.72 Å². The zero-order valence-corrected chi connectivity index (χ0v) is 21.7. The Bertz CT molecular complexity index is 1190. The zero-order valence-electron chi connectivity index (χ0n) is 17.9. The summed E-state index contributed by atoms with van der Waals surface area (Å²) in [6, 6.07) is 17.4.